The van der Waals surface area contributed by atoms with Gasteiger partial charge in [0.05, 0.1) is 0 Å². The van der Waals surface area contributed by atoms with Crippen molar-refractivity contribution < 1.29 is 4.79 Å². The number of aryl methyl sites for hydroxylation is 1. The van der Waals surface area contributed by atoms with Gasteiger partial charge in [-0.25, -0.2) is 0 Å². The van der Waals surface area contributed by atoms with Crippen molar-refractivity contribution in [3.63, 3.8) is 0 Å². The van der Waals surface area contributed by atoms with Crippen LogP contribution < -0.4 is 0 Å². The Kier molecular flexibility index (Phi) is 5.34. The van der Waals surface area contributed by atoms with Crippen LogP contribution in [-0.4, -0.2) is 51.2 Å². The number of fused-ring (bicyclic) bond motifs is 4. The lowest BCUT2D eigenvalue weighted by atomic mass is 9.94. The summed E-state index contributed by atoms with van der Waals surface area (Å²) in [5.41, 5.74) is 1.37. The van der Waals surface area contributed by atoms with Gasteiger partial charge in [0.15, 0.2) is 0 Å². The van der Waals surface area contributed by atoms with Gasteiger partial charge in [-0.1, -0.05) is 30.3 Å². The summed E-state index contributed by atoms with van der Waals surface area (Å²) in [6.07, 6.45) is 7.65. The third kappa shape index (κ3) is 4.15. The minimum absolute atomic E-state index is 0.327. The van der Waals surface area contributed by atoms with Crippen LogP contribution in [0.25, 0.3) is 0 Å². The van der Waals surface area contributed by atoms with Gasteiger partial charge in [-0.2, -0.15) is 5.10 Å². The van der Waals surface area contributed by atoms with Crippen LogP contribution in [0.2, 0.25) is 0 Å². The molecule has 0 spiro atoms. The van der Waals surface area contributed by atoms with Crippen LogP contribution in [0.5, 0.6) is 0 Å². The van der Waals surface area contributed by atoms with Crippen LogP contribution in [0.3, 0.4) is 0 Å². The Hall–Kier alpha value is -2.14. The first-order chi connectivity index (χ1) is 12.8. The second kappa shape index (κ2) is 8.04. The van der Waals surface area contributed by atoms with E-state index in [0.29, 0.717) is 24.3 Å². The van der Waals surface area contributed by atoms with Crippen molar-refractivity contribution in [1.29, 1.82) is 0 Å². The Morgan fingerprint density at radius 2 is 1.96 bits per heavy atom. The zero-order valence-corrected chi connectivity index (χ0v) is 15.3. The van der Waals surface area contributed by atoms with Crippen LogP contribution in [0, 0.1) is 5.92 Å². The Labute approximate surface area is 155 Å². The summed E-state index contributed by atoms with van der Waals surface area (Å²) in [5.74, 6) is 0.945. The van der Waals surface area contributed by atoms with E-state index >= 15 is 0 Å². The van der Waals surface area contributed by atoms with E-state index in [4.69, 9.17) is 0 Å². The molecule has 0 saturated carbocycles. The fourth-order valence-corrected chi connectivity index (χ4v) is 4.42. The molecule has 1 aromatic carbocycles. The molecule has 1 amide bonds. The van der Waals surface area contributed by atoms with Gasteiger partial charge < -0.3 is 4.90 Å². The van der Waals surface area contributed by atoms with E-state index in [1.807, 2.05) is 16.9 Å². The monoisotopic (exact) mass is 352 g/mol. The molecule has 138 valence electrons. The van der Waals surface area contributed by atoms with E-state index in [-0.39, 0.29) is 0 Å². The number of piperidine rings is 1. The zero-order chi connectivity index (χ0) is 17.8. The van der Waals surface area contributed by atoms with Gasteiger partial charge in [0.2, 0.25) is 5.91 Å². The number of rotatable bonds is 6. The zero-order valence-electron chi connectivity index (χ0n) is 15.3. The fraction of sp³-hybridized carbons (Fsp3) is 0.524. The minimum atomic E-state index is 0.327. The van der Waals surface area contributed by atoms with E-state index < -0.39 is 0 Å². The molecule has 3 aliphatic rings. The molecule has 26 heavy (non-hydrogen) atoms. The summed E-state index contributed by atoms with van der Waals surface area (Å²) in [6.45, 7) is 4.88. The number of hydrogen-bond acceptors (Lipinski definition) is 3. The molecule has 0 unspecified atom stereocenters. The van der Waals surface area contributed by atoms with Gasteiger partial charge in [0.1, 0.15) is 0 Å². The highest BCUT2D eigenvalue weighted by atomic mass is 16.2. The van der Waals surface area contributed by atoms with Crippen LogP contribution >= 0.6 is 0 Å². The Balaban J connectivity index is 1.33. The third-order valence-corrected chi connectivity index (χ3v) is 5.70. The van der Waals surface area contributed by atoms with Gasteiger partial charge in [-0.3, -0.25) is 14.4 Å². The quantitative estimate of drug-likeness (QED) is 0.803. The standard InChI is InChI=1S/C21H28N4O/c26-21(8-4-12-24-13-5-11-22-24)25-16-19-9-10-20(25)17-23(15-19)14-18-6-2-1-3-7-18/h1-3,5-7,11,13,19-20H,4,8-10,12,14-17H2/t19-,20+/m1/s1. The summed E-state index contributed by atoms with van der Waals surface area (Å²) in [4.78, 5) is 17.5. The normalized spacial score (nSPS) is 23.2. The predicted octanol–water partition coefficient (Wildman–Crippen LogP) is 2.79. The Bertz CT molecular complexity index is 700. The summed E-state index contributed by atoms with van der Waals surface area (Å²) < 4.78 is 1.91. The molecule has 2 atom stereocenters. The molecule has 1 aromatic heterocycles. The van der Waals surface area contributed by atoms with Crippen molar-refractivity contribution in [3.05, 3.63) is 54.4 Å². The number of carbonyl (C=O) groups excluding carboxylic acids is 1. The van der Waals surface area contributed by atoms with E-state index in [0.717, 1.165) is 45.6 Å². The summed E-state index contributed by atoms with van der Waals surface area (Å²) >= 11 is 0. The lowest BCUT2D eigenvalue weighted by Crippen LogP contribution is -2.47. The Morgan fingerprint density at radius 1 is 1.08 bits per heavy atom. The van der Waals surface area contributed by atoms with E-state index in [1.54, 1.807) is 6.20 Å². The molecule has 0 radical (unpaired) electrons. The first-order valence-corrected chi connectivity index (χ1v) is 9.81. The van der Waals surface area contributed by atoms with Gasteiger partial charge in [0.25, 0.3) is 0 Å². The Morgan fingerprint density at radius 3 is 2.77 bits per heavy atom. The molecule has 2 bridgehead atoms. The lowest BCUT2D eigenvalue weighted by molar-refractivity contribution is -0.135. The number of carbonyl (C=O) groups is 1. The highest BCUT2D eigenvalue weighted by molar-refractivity contribution is 5.76. The highest BCUT2D eigenvalue weighted by Gasteiger charge is 2.36. The van der Waals surface area contributed by atoms with E-state index in [1.165, 1.54) is 12.0 Å². The van der Waals surface area contributed by atoms with E-state index in [2.05, 4.69) is 45.2 Å². The molecule has 3 fully saturated rings. The van der Waals surface area contributed by atoms with Gasteiger partial charge in [-0.15, -0.1) is 0 Å². The molecule has 3 aliphatic heterocycles. The predicted molar refractivity (Wildman–Crippen MR) is 101 cm³/mol. The molecule has 3 saturated heterocycles. The van der Waals surface area contributed by atoms with Crippen molar-refractivity contribution in [1.82, 2.24) is 19.6 Å². The van der Waals surface area contributed by atoms with E-state index in [9.17, 15) is 4.79 Å². The largest absolute Gasteiger partial charge is 0.338 e. The highest BCUT2D eigenvalue weighted by Crippen LogP contribution is 2.29. The second-order valence-electron chi connectivity index (χ2n) is 7.70. The number of amides is 1. The molecular formula is C21H28N4O. The maximum Gasteiger partial charge on any atom is 0.222 e. The summed E-state index contributed by atoms with van der Waals surface area (Å²) in [7, 11) is 0. The minimum Gasteiger partial charge on any atom is -0.338 e. The maximum absolute atomic E-state index is 12.8. The van der Waals surface area contributed by atoms with Crippen molar-refractivity contribution in [2.75, 3.05) is 19.6 Å². The number of aromatic nitrogens is 2. The number of benzene rings is 1. The molecule has 4 heterocycles. The van der Waals surface area contributed by atoms with Crippen LogP contribution in [0.1, 0.15) is 31.2 Å². The summed E-state index contributed by atoms with van der Waals surface area (Å²) in [6, 6.07) is 13.0. The number of hydrogen-bond donors (Lipinski definition) is 0. The SMILES string of the molecule is O=C(CCCn1cccn1)N1C[C@@H]2CC[C@H]1CN(Cc1ccccc1)C2. The molecule has 5 rings (SSSR count). The maximum atomic E-state index is 12.8. The topological polar surface area (TPSA) is 41.4 Å². The van der Waals surface area contributed by atoms with Crippen molar-refractivity contribution in [3.8, 4) is 0 Å². The first-order valence-electron chi connectivity index (χ1n) is 9.81. The van der Waals surface area contributed by atoms with Gasteiger partial charge >= 0.3 is 0 Å². The van der Waals surface area contributed by atoms with Gasteiger partial charge in [-0.05, 0) is 36.8 Å². The number of nitrogens with zero attached hydrogens (tertiary/aromatic N) is 4. The molecule has 0 N–H and O–H groups in total. The molecular weight excluding hydrogens is 324 g/mol. The van der Waals surface area contributed by atoms with Crippen LogP contribution in [0.4, 0.5) is 0 Å². The summed E-state index contributed by atoms with van der Waals surface area (Å²) in [5, 5.41) is 4.21. The van der Waals surface area contributed by atoms with Crippen molar-refractivity contribution >= 4 is 5.91 Å². The second-order valence-corrected chi connectivity index (χ2v) is 7.70. The third-order valence-electron chi connectivity index (χ3n) is 5.70. The first kappa shape index (κ1) is 17.3. The smallest absolute Gasteiger partial charge is 0.222 e. The fourth-order valence-electron chi connectivity index (χ4n) is 4.42. The van der Waals surface area contributed by atoms with Crippen LogP contribution in [0.15, 0.2) is 48.8 Å². The van der Waals surface area contributed by atoms with Crippen molar-refractivity contribution in [2.24, 2.45) is 5.92 Å². The molecule has 2 aromatic rings. The van der Waals surface area contributed by atoms with Crippen LogP contribution in [-0.2, 0) is 17.9 Å². The molecule has 5 nitrogen and oxygen atoms in total. The van der Waals surface area contributed by atoms with Crippen molar-refractivity contribution in [2.45, 2.75) is 44.8 Å². The molecule has 5 heteroatoms. The van der Waals surface area contributed by atoms with Gasteiger partial charge in [0, 0.05) is 57.6 Å². The average molecular weight is 352 g/mol. The lowest BCUT2D eigenvalue weighted by Gasteiger charge is -2.36. The molecule has 0 aliphatic carbocycles. The average Bonchev–Trinajstić information content (AvgIpc) is 3.02.